The molecule has 42 heavy (non-hydrogen) atoms. The Morgan fingerprint density at radius 3 is 1.17 bits per heavy atom. The number of rotatable bonds is 36. The van der Waals surface area contributed by atoms with Crippen LogP contribution in [0.5, 0.6) is 0 Å². The molecule has 0 fully saturated rings. The first-order valence-electron chi connectivity index (χ1n) is 18.8. The highest BCUT2D eigenvalue weighted by molar-refractivity contribution is 5.16. The van der Waals surface area contributed by atoms with E-state index in [0.29, 0.717) is 0 Å². The average molecular weight is 585 g/mol. The second-order valence-corrected chi connectivity index (χ2v) is 12.9. The van der Waals surface area contributed by atoms with Crippen LogP contribution in [-0.4, -0.2) is 13.1 Å². The number of nitrogens with one attached hydrogen (secondary N) is 2. The number of allylic oxidation sites excluding steroid dienone is 4. The summed E-state index contributed by atoms with van der Waals surface area (Å²) in [6, 6.07) is 0. The van der Waals surface area contributed by atoms with E-state index in [-0.39, 0.29) is 0 Å². The summed E-state index contributed by atoms with van der Waals surface area (Å²) in [5.41, 5.74) is 2.17. The van der Waals surface area contributed by atoms with Crippen molar-refractivity contribution in [3.05, 3.63) is 49.4 Å². The molecule has 0 amide bonds. The quantitative estimate of drug-likeness (QED) is 0.0565. The van der Waals surface area contributed by atoms with Gasteiger partial charge in [-0.1, -0.05) is 199 Å². The van der Waals surface area contributed by atoms with Crippen molar-refractivity contribution in [1.29, 1.82) is 0 Å². The SMILES string of the molecule is C=C/C=C\C(=C)NCCCCCC(=C)NCCCCCCCCCCCCCCCCCCCCCCCCCCC. The molecule has 2 N–H and O–H groups in total. The summed E-state index contributed by atoms with van der Waals surface area (Å²) >= 11 is 0. The van der Waals surface area contributed by atoms with Crippen LogP contribution in [0.25, 0.3) is 0 Å². The van der Waals surface area contributed by atoms with Gasteiger partial charge in [-0.25, -0.2) is 0 Å². The fraction of sp³-hybridized carbons (Fsp3) is 0.800. The molecule has 0 aromatic heterocycles. The summed E-state index contributed by atoms with van der Waals surface area (Å²) in [5, 5.41) is 6.87. The second-order valence-electron chi connectivity index (χ2n) is 12.9. The number of unbranched alkanes of at least 4 members (excludes halogenated alkanes) is 26. The zero-order chi connectivity index (χ0) is 30.6. The molecule has 0 rings (SSSR count). The highest BCUT2D eigenvalue weighted by atomic mass is 14.9. The molecular weight excluding hydrogens is 508 g/mol. The standard InChI is InChI=1S/C40H76N2/c1-5-7-9-10-11-12-13-14-15-16-17-18-19-20-21-22-23-24-25-26-27-28-29-30-33-37-42-40(4)36-32-31-34-38-41-39(3)35-8-6-2/h6,8,35,41-42H,2-5,7,9-34,36-38H2,1H3/b35-8-. The fourth-order valence-corrected chi connectivity index (χ4v) is 5.75. The van der Waals surface area contributed by atoms with Crippen molar-refractivity contribution in [1.82, 2.24) is 10.6 Å². The Balaban J connectivity index is 3.17. The Labute approximate surface area is 265 Å². The maximum Gasteiger partial charge on any atom is 0.0267 e. The third-order valence-electron chi connectivity index (χ3n) is 8.60. The molecule has 0 atom stereocenters. The first kappa shape index (κ1) is 40.6. The Morgan fingerprint density at radius 2 is 0.786 bits per heavy atom. The van der Waals surface area contributed by atoms with E-state index in [1.165, 1.54) is 185 Å². The molecular formula is C40H76N2. The van der Waals surface area contributed by atoms with Gasteiger partial charge in [-0.3, -0.25) is 0 Å². The van der Waals surface area contributed by atoms with Crippen molar-refractivity contribution in [2.45, 2.75) is 193 Å². The predicted molar refractivity (Wildman–Crippen MR) is 193 cm³/mol. The van der Waals surface area contributed by atoms with Crippen molar-refractivity contribution in [3.8, 4) is 0 Å². The van der Waals surface area contributed by atoms with Gasteiger partial charge >= 0.3 is 0 Å². The van der Waals surface area contributed by atoms with E-state index in [0.717, 1.165) is 25.2 Å². The molecule has 246 valence electrons. The molecule has 0 heterocycles. The third kappa shape index (κ3) is 34.8. The zero-order valence-electron chi connectivity index (χ0n) is 28.8. The van der Waals surface area contributed by atoms with Crippen molar-refractivity contribution in [3.63, 3.8) is 0 Å². The highest BCUT2D eigenvalue weighted by Crippen LogP contribution is 2.16. The molecule has 0 unspecified atom stereocenters. The topological polar surface area (TPSA) is 24.1 Å². The molecule has 0 radical (unpaired) electrons. The minimum atomic E-state index is 0.960. The van der Waals surface area contributed by atoms with Crippen LogP contribution in [0.15, 0.2) is 49.4 Å². The largest absolute Gasteiger partial charge is 0.389 e. The smallest absolute Gasteiger partial charge is 0.0267 e. The van der Waals surface area contributed by atoms with Gasteiger partial charge in [-0.2, -0.15) is 0 Å². The molecule has 2 heteroatoms. The zero-order valence-corrected chi connectivity index (χ0v) is 28.8. The summed E-state index contributed by atoms with van der Waals surface area (Å²) in [4.78, 5) is 0. The summed E-state index contributed by atoms with van der Waals surface area (Å²) in [5.74, 6) is 0. The van der Waals surface area contributed by atoms with Gasteiger partial charge in [0, 0.05) is 24.5 Å². The predicted octanol–water partition coefficient (Wildman–Crippen LogP) is 13.3. The van der Waals surface area contributed by atoms with Gasteiger partial charge in [0.1, 0.15) is 0 Å². The van der Waals surface area contributed by atoms with E-state index in [1.54, 1.807) is 6.08 Å². The Morgan fingerprint density at radius 1 is 0.452 bits per heavy atom. The molecule has 0 bridgehead atoms. The van der Waals surface area contributed by atoms with Gasteiger partial charge in [0.25, 0.3) is 0 Å². The Kier molecular flexibility index (Phi) is 34.5. The lowest BCUT2D eigenvalue weighted by molar-refractivity contribution is 0.515. The maximum atomic E-state index is 4.21. The molecule has 0 aliphatic carbocycles. The molecule has 0 saturated carbocycles. The lowest BCUT2D eigenvalue weighted by atomic mass is 10.0. The molecule has 0 aromatic carbocycles. The van der Waals surface area contributed by atoms with Crippen LogP contribution in [0.2, 0.25) is 0 Å². The van der Waals surface area contributed by atoms with Crippen molar-refractivity contribution < 1.29 is 0 Å². The van der Waals surface area contributed by atoms with Gasteiger partial charge in [0.2, 0.25) is 0 Å². The van der Waals surface area contributed by atoms with E-state index in [4.69, 9.17) is 0 Å². The first-order chi connectivity index (χ1) is 20.7. The van der Waals surface area contributed by atoms with Crippen LogP contribution in [0, 0.1) is 0 Å². The third-order valence-corrected chi connectivity index (χ3v) is 8.60. The molecule has 0 aliphatic rings. The van der Waals surface area contributed by atoms with Crippen LogP contribution in [-0.2, 0) is 0 Å². The molecule has 0 spiro atoms. The lowest BCUT2D eigenvalue weighted by Gasteiger charge is -2.10. The van der Waals surface area contributed by atoms with E-state index in [2.05, 4.69) is 37.3 Å². The minimum absolute atomic E-state index is 0.960. The average Bonchev–Trinajstić information content (AvgIpc) is 2.99. The summed E-state index contributed by atoms with van der Waals surface area (Å²) in [7, 11) is 0. The summed E-state index contributed by atoms with van der Waals surface area (Å²) in [6.45, 7) is 16.2. The monoisotopic (exact) mass is 585 g/mol. The van der Waals surface area contributed by atoms with Gasteiger partial charge < -0.3 is 10.6 Å². The Bertz CT molecular complexity index is 605. The van der Waals surface area contributed by atoms with Gasteiger partial charge in [0.15, 0.2) is 0 Å². The number of hydrogen-bond acceptors (Lipinski definition) is 2. The lowest BCUT2D eigenvalue weighted by Crippen LogP contribution is -2.14. The molecule has 0 aliphatic heterocycles. The van der Waals surface area contributed by atoms with Crippen molar-refractivity contribution >= 4 is 0 Å². The molecule has 2 nitrogen and oxygen atoms in total. The Hall–Kier alpha value is -1.44. The van der Waals surface area contributed by atoms with Gasteiger partial charge in [-0.15, -0.1) is 0 Å². The molecule has 0 saturated heterocycles. The van der Waals surface area contributed by atoms with E-state index in [9.17, 15) is 0 Å². The van der Waals surface area contributed by atoms with Crippen LogP contribution in [0.1, 0.15) is 193 Å². The van der Waals surface area contributed by atoms with Gasteiger partial charge in [-0.05, 0) is 31.8 Å². The van der Waals surface area contributed by atoms with Crippen LogP contribution in [0.4, 0.5) is 0 Å². The number of hydrogen-bond donors (Lipinski definition) is 2. The van der Waals surface area contributed by atoms with Crippen LogP contribution in [0.3, 0.4) is 0 Å². The fourth-order valence-electron chi connectivity index (χ4n) is 5.75. The van der Waals surface area contributed by atoms with E-state index < -0.39 is 0 Å². The van der Waals surface area contributed by atoms with Gasteiger partial charge in [0.05, 0.1) is 0 Å². The summed E-state index contributed by atoms with van der Waals surface area (Å²) in [6.07, 6.45) is 46.5. The molecule has 0 aromatic rings. The second kappa shape index (κ2) is 35.8. The highest BCUT2D eigenvalue weighted by Gasteiger charge is 1.98. The maximum absolute atomic E-state index is 4.21. The van der Waals surface area contributed by atoms with Crippen LogP contribution >= 0.6 is 0 Å². The van der Waals surface area contributed by atoms with Crippen molar-refractivity contribution in [2.75, 3.05) is 13.1 Å². The normalized spacial score (nSPS) is 11.3. The van der Waals surface area contributed by atoms with E-state index in [1.807, 2.05) is 12.2 Å². The summed E-state index contributed by atoms with van der Waals surface area (Å²) < 4.78 is 0. The van der Waals surface area contributed by atoms with Crippen LogP contribution < -0.4 is 10.6 Å². The van der Waals surface area contributed by atoms with Crippen molar-refractivity contribution in [2.24, 2.45) is 0 Å². The van der Waals surface area contributed by atoms with E-state index >= 15 is 0 Å². The minimum Gasteiger partial charge on any atom is -0.389 e. The first-order valence-corrected chi connectivity index (χ1v) is 18.8.